The second-order valence-electron chi connectivity index (χ2n) is 18.0. The zero-order valence-corrected chi connectivity index (χ0v) is 38.7. The van der Waals surface area contributed by atoms with Gasteiger partial charge in [0.2, 0.25) is 0 Å². The first-order valence-electron chi connectivity index (χ1n) is 26.1. The van der Waals surface area contributed by atoms with E-state index in [1.54, 1.807) is 6.07 Å². The molecule has 0 amide bonds. The van der Waals surface area contributed by atoms with Gasteiger partial charge in [-0.1, -0.05) is 30.3 Å². The number of pyridine rings is 1. The van der Waals surface area contributed by atoms with Gasteiger partial charge in [-0.25, -0.2) is 0 Å². The SMILES string of the molecule is [2H]c1c([2H])c([2H])c(-c2cc(C([2H])([2H])[2H])cc(-c3ccc(C(C)(C)C)cc3)c2-n2[c](=[Pt])n(-c3[c-]c(Oc4ccc5c(n4)N4B6c7c(cccc7-5)-c5ccccc5N6c5ccc[c-]c54)ccc3)c3ccccc32)c([2H])c1[2H]. The van der Waals surface area contributed by atoms with Crippen LogP contribution in [0.2, 0.25) is 0 Å². The summed E-state index contributed by atoms with van der Waals surface area (Å²) < 4.78 is 81.8. The van der Waals surface area contributed by atoms with Crippen LogP contribution in [0.1, 0.15) is 42.9 Å². The number of para-hydroxylation sites is 4. The number of ether oxygens (including phenoxy) is 1. The van der Waals surface area contributed by atoms with Crippen LogP contribution in [-0.2, 0) is 24.8 Å². The zero-order chi connectivity index (χ0) is 52.0. The third-order valence-electron chi connectivity index (χ3n) is 13.1. The molecule has 8 heteroatoms. The molecule has 0 N–H and O–H groups in total. The van der Waals surface area contributed by atoms with Crippen LogP contribution in [0.25, 0.3) is 66.9 Å². The Morgan fingerprint density at radius 1 is 0.657 bits per heavy atom. The number of aromatic nitrogens is 3. The van der Waals surface area contributed by atoms with E-state index in [1.165, 1.54) is 22.7 Å². The first kappa shape index (κ1) is 32.2. The monoisotopic (exact) mass is 1050 g/mol. The summed E-state index contributed by atoms with van der Waals surface area (Å²) in [6, 6.07) is 54.1. The van der Waals surface area contributed by atoms with Gasteiger partial charge in [0, 0.05) is 11.3 Å². The number of hydrogen-bond acceptors (Lipinski definition) is 4. The van der Waals surface area contributed by atoms with Gasteiger partial charge in [0.1, 0.15) is 0 Å². The van der Waals surface area contributed by atoms with E-state index in [-0.39, 0.29) is 29.1 Å². The maximum atomic E-state index is 9.24. The van der Waals surface area contributed by atoms with E-state index in [0.717, 1.165) is 45.1 Å². The van der Waals surface area contributed by atoms with Crippen LogP contribution in [0.5, 0.6) is 11.6 Å². The fourth-order valence-corrected chi connectivity index (χ4v) is 11.2. The molecule has 2 aromatic heterocycles. The fourth-order valence-electron chi connectivity index (χ4n) is 10.1. The van der Waals surface area contributed by atoms with E-state index in [4.69, 9.17) is 17.9 Å². The molecule has 0 atom stereocenters. The van der Waals surface area contributed by atoms with Crippen LogP contribution in [-0.4, -0.2) is 21.1 Å². The number of nitrogens with zero attached hydrogens (tertiary/aromatic N) is 5. The molecule has 0 spiro atoms. The van der Waals surface area contributed by atoms with E-state index in [9.17, 15) is 2.74 Å². The van der Waals surface area contributed by atoms with Gasteiger partial charge in [0.05, 0.1) is 0 Å². The minimum absolute atomic E-state index is 0.0427. The predicted octanol–water partition coefficient (Wildman–Crippen LogP) is 13.9. The summed E-state index contributed by atoms with van der Waals surface area (Å²) in [7, 11) is 0. The van der Waals surface area contributed by atoms with E-state index in [1.807, 2.05) is 94.1 Å². The second-order valence-corrected chi connectivity index (χ2v) is 19.0. The van der Waals surface area contributed by atoms with Crippen LogP contribution >= 0.6 is 0 Å². The molecule has 10 aromatic rings. The van der Waals surface area contributed by atoms with Gasteiger partial charge < -0.3 is 0 Å². The molecule has 13 rings (SSSR count). The fraction of sp³-hybridized carbons (Fsp3) is 0.0847. The van der Waals surface area contributed by atoms with Gasteiger partial charge >= 0.3 is 343 Å². The van der Waals surface area contributed by atoms with Crippen molar-refractivity contribution in [2.24, 2.45) is 0 Å². The summed E-state index contributed by atoms with van der Waals surface area (Å²) in [4.78, 5) is 9.93. The zero-order valence-electron chi connectivity index (χ0n) is 44.5. The molecule has 67 heavy (non-hydrogen) atoms. The van der Waals surface area contributed by atoms with Crippen molar-refractivity contribution < 1.29 is 35.1 Å². The Labute approximate surface area is 412 Å². The molecule has 0 fully saturated rings. The van der Waals surface area contributed by atoms with Crippen molar-refractivity contribution >= 4 is 46.4 Å². The normalized spacial score (nSPS) is 15.0. The van der Waals surface area contributed by atoms with Crippen LogP contribution in [0.15, 0.2) is 182 Å². The van der Waals surface area contributed by atoms with Gasteiger partial charge in [0.25, 0.3) is 0 Å². The van der Waals surface area contributed by atoms with Crippen molar-refractivity contribution in [3.05, 3.63) is 209 Å². The summed E-state index contributed by atoms with van der Waals surface area (Å²) in [5.74, 6) is 1.53. The molecule has 0 bridgehead atoms. The number of hydrogen-bond donors (Lipinski definition) is 0. The molecule has 0 aliphatic carbocycles. The Kier molecular flexibility index (Phi) is 7.23. The van der Waals surface area contributed by atoms with Crippen LogP contribution < -0.4 is 19.8 Å². The average molecular weight is 1050 g/mol. The Morgan fingerprint density at radius 3 is 2.15 bits per heavy atom. The number of anilines is 4. The quantitative estimate of drug-likeness (QED) is 0.123. The van der Waals surface area contributed by atoms with Crippen molar-refractivity contribution in [2.45, 2.75) is 33.0 Å². The second kappa shape index (κ2) is 15.0. The number of fused-ring (bicyclic) bond motifs is 10. The number of aryl methyl sites for hydroxylation is 1. The van der Waals surface area contributed by atoms with Crippen molar-refractivity contribution in [3.8, 4) is 67.5 Å². The van der Waals surface area contributed by atoms with Gasteiger partial charge in [-0.2, -0.15) is 12.1 Å². The van der Waals surface area contributed by atoms with Gasteiger partial charge in [-0.05, 0) is 11.6 Å². The standard InChI is InChI=1S/C59H42BN5O.Pt/c1-38-34-48(39-16-6-5-7-17-39)57(49(35-38)40-28-30-41(31-29-40)59(2,3)4)63-37-62(51-24-10-11-25-52(51)63)42-18-14-19-43(36-42)66-55-33-32-47-46-22-15-21-45-44-20-8-9-23-50(44)64-53-26-12-13-27-54(53)65(58(47)61-55)60(64)56(45)46;/h5-26,28-35H,1-4H3;/q-2;/i1D3,5D,6D,7D,16D,17D;. The minimum atomic E-state index is -2.62. The van der Waals surface area contributed by atoms with E-state index in [2.05, 4.69) is 116 Å². The van der Waals surface area contributed by atoms with Crippen LogP contribution in [0.4, 0.5) is 22.9 Å². The topological polar surface area (TPSA) is 38.5 Å². The van der Waals surface area contributed by atoms with Crippen molar-refractivity contribution in [2.75, 3.05) is 9.62 Å². The maximum absolute atomic E-state index is 9.24. The average Bonchev–Trinajstić information content (AvgIpc) is 3.96. The Balaban J connectivity index is 0.979. The van der Waals surface area contributed by atoms with Crippen molar-refractivity contribution in [1.82, 2.24) is 14.1 Å². The van der Waals surface area contributed by atoms with Crippen LogP contribution in [0.3, 0.4) is 0 Å². The molecule has 0 radical (unpaired) electrons. The van der Waals surface area contributed by atoms with E-state index >= 15 is 0 Å². The summed E-state index contributed by atoms with van der Waals surface area (Å²) in [6.45, 7) is 3.55. The molecule has 5 heterocycles. The van der Waals surface area contributed by atoms with Gasteiger partial charge in [-0.3, -0.25) is 0 Å². The molecule has 8 aromatic carbocycles. The number of imidazole rings is 1. The Hall–Kier alpha value is -7.47. The number of benzene rings is 8. The van der Waals surface area contributed by atoms with E-state index in [0.29, 0.717) is 43.5 Å². The Bertz CT molecular complexity index is 4120. The predicted molar refractivity (Wildman–Crippen MR) is 269 cm³/mol. The van der Waals surface area contributed by atoms with Crippen molar-refractivity contribution in [3.63, 3.8) is 0 Å². The number of rotatable bonds is 6. The molecule has 324 valence electrons. The summed E-state index contributed by atoms with van der Waals surface area (Å²) in [5, 5.41) is 0. The summed E-state index contributed by atoms with van der Waals surface area (Å²) >= 11 is 2.24. The van der Waals surface area contributed by atoms with Gasteiger partial charge in [0.15, 0.2) is 0 Å². The first-order valence-corrected chi connectivity index (χ1v) is 23.2. The van der Waals surface area contributed by atoms with E-state index < -0.39 is 37.1 Å². The Morgan fingerprint density at radius 2 is 1.36 bits per heavy atom. The molecule has 0 saturated heterocycles. The molecule has 0 unspecified atom stereocenters. The summed E-state index contributed by atoms with van der Waals surface area (Å²) in [6.07, 6.45) is 0. The van der Waals surface area contributed by atoms with Crippen LogP contribution in [0, 0.1) is 22.8 Å². The summed E-state index contributed by atoms with van der Waals surface area (Å²) in [5.41, 5.74) is 13.3. The molecular weight excluding hydrogens is 1000 g/mol. The molecular formula is C59H42BN5OPt-2. The molecule has 6 nitrogen and oxygen atoms in total. The third-order valence-corrected chi connectivity index (χ3v) is 14.1. The van der Waals surface area contributed by atoms with Crippen molar-refractivity contribution in [1.29, 1.82) is 0 Å². The molecule has 3 aliphatic rings. The molecule has 0 saturated carbocycles. The van der Waals surface area contributed by atoms with Gasteiger partial charge in [-0.15, -0.1) is 6.07 Å². The third kappa shape index (κ3) is 6.14. The first-order chi connectivity index (χ1) is 36.0. The molecule has 3 aliphatic heterocycles.